The highest BCUT2D eigenvalue weighted by atomic mass is 32.2. The van der Waals surface area contributed by atoms with Crippen LogP contribution in [-0.4, -0.2) is 41.2 Å². The number of hydrogen-bond acceptors (Lipinski definition) is 7. The van der Waals surface area contributed by atoms with Gasteiger partial charge < -0.3 is 5.32 Å². The van der Waals surface area contributed by atoms with Gasteiger partial charge in [0, 0.05) is 29.9 Å². The maximum atomic E-state index is 12.9. The Bertz CT molecular complexity index is 1050. The maximum Gasteiger partial charge on any atom is 0.253 e. The molecule has 0 aliphatic carbocycles. The molecule has 4 rings (SSSR count). The predicted molar refractivity (Wildman–Crippen MR) is 110 cm³/mol. The number of thiazole rings is 1. The highest BCUT2D eigenvalue weighted by molar-refractivity contribution is 7.91. The van der Waals surface area contributed by atoms with Crippen molar-refractivity contribution in [1.82, 2.24) is 14.3 Å². The van der Waals surface area contributed by atoms with Crippen molar-refractivity contribution >= 4 is 43.7 Å². The highest BCUT2D eigenvalue weighted by Crippen LogP contribution is 2.29. The lowest BCUT2D eigenvalue weighted by atomic mass is 10.0. The molecule has 1 fully saturated rings. The zero-order valence-corrected chi connectivity index (χ0v) is 17.3. The number of hydrogen-bond donors (Lipinski definition) is 1. The highest BCUT2D eigenvalue weighted by Gasteiger charge is 2.38. The van der Waals surface area contributed by atoms with Crippen molar-refractivity contribution in [2.75, 3.05) is 11.9 Å². The lowest BCUT2D eigenvalue weighted by molar-refractivity contribution is -0.120. The average molecular weight is 435 g/mol. The molecule has 1 amide bonds. The largest absolute Gasteiger partial charge is 0.301 e. The van der Waals surface area contributed by atoms with E-state index < -0.39 is 16.1 Å². The van der Waals surface area contributed by atoms with Gasteiger partial charge in [-0.15, -0.1) is 22.7 Å². The van der Waals surface area contributed by atoms with Gasteiger partial charge in [0.15, 0.2) is 5.13 Å². The van der Waals surface area contributed by atoms with Crippen molar-refractivity contribution in [3.8, 4) is 11.3 Å². The molecule has 1 unspecified atom stereocenters. The molecule has 7 nitrogen and oxygen atoms in total. The van der Waals surface area contributed by atoms with E-state index in [0.29, 0.717) is 18.1 Å². The van der Waals surface area contributed by atoms with E-state index in [2.05, 4.69) is 15.3 Å². The number of thiophene rings is 1. The van der Waals surface area contributed by atoms with Gasteiger partial charge >= 0.3 is 0 Å². The fraction of sp³-hybridized carbons (Fsp3) is 0.278. The van der Waals surface area contributed by atoms with E-state index in [1.54, 1.807) is 29.9 Å². The van der Waals surface area contributed by atoms with E-state index in [1.165, 1.54) is 27.0 Å². The predicted octanol–water partition coefficient (Wildman–Crippen LogP) is 3.45. The van der Waals surface area contributed by atoms with E-state index in [4.69, 9.17) is 0 Å². The molecule has 1 N–H and O–H groups in total. The molecule has 3 aromatic rings. The molecule has 1 aliphatic heterocycles. The zero-order chi connectivity index (χ0) is 19.6. The van der Waals surface area contributed by atoms with Gasteiger partial charge in [0.1, 0.15) is 10.3 Å². The SMILES string of the molecule is O=C(Nc1nc(-c2ccncc2)cs1)C1CCCCN1S(=O)(=O)c1cccs1. The molecular formula is C18H18N4O3S3. The number of piperidine rings is 1. The van der Waals surface area contributed by atoms with Crippen molar-refractivity contribution < 1.29 is 13.2 Å². The molecule has 10 heteroatoms. The van der Waals surface area contributed by atoms with E-state index in [-0.39, 0.29) is 10.1 Å². The topological polar surface area (TPSA) is 92.3 Å². The van der Waals surface area contributed by atoms with Crippen LogP contribution < -0.4 is 5.32 Å². The minimum atomic E-state index is -3.68. The van der Waals surface area contributed by atoms with Crippen LogP contribution in [-0.2, 0) is 14.8 Å². The first-order chi connectivity index (χ1) is 13.6. The Morgan fingerprint density at radius 2 is 2.00 bits per heavy atom. The first-order valence-corrected chi connectivity index (χ1v) is 12.0. The van der Waals surface area contributed by atoms with Gasteiger partial charge in [0.25, 0.3) is 10.0 Å². The van der Waals surface area contributed by atoms with Crippen LogP contribution >= 0.6 is 22.7 Å². The Morgan fingerprint density at radius 3 is 2.75 bits per heavy atom. The third-order valence-corrected chi connectivity index (χ3v) is 8.56. The summed E-state index contributed by atoms with van der Waals surface area (Å²) in [5.74, 6) is -0.338. The number of sulfonamides is 1. The Balaban J connectivity index is 1.53. The molecule has 0 saturated carbocycles. The number of anilines is 1. The molecule has 1 aliphatic rings. The number of nitrogens with zero attached hydrogens (tertiary/aromatic N) is 3. The maximum absolute atomic E-state index is 12.9. The second-order valence-electron chi connectivity index (χ2n) is 6.32. The quantitative estimate of drug-likeness (QED) is 0.664. The molecule has 28 heavy (non-hydrogen) atoms. The molecule has 0 bridgehead atoms. The molecule has 1 saturated heterocycles. The summed E-state index contributed by atoms with van der Waals surface area (Å²) < 4.78 is 27.5. The van der Waals surface area contributed by atoms with Crippen molar-refractivity contribution in [2.45, 2.75) is 29.5 Å². The lowest BCUT2D eigenvalue weighted by Gasteiger charge is -2.32. The van der Waals surface area contributed by atoms with Crippen molar-refractivity contribution in [2.24, 2.45) is 0 Å². The van der Waals surface area contributed by atoms with Crippen LogP contribution in [0.5, 0.6) is 0 Å². The molecule has 4 heterocycles. The van der Waals surface area contributed by atoms with Crippen LogP contribution in [0.1, 0.15) is 19.3 Å². The molecular weight excluding hydrogens is 416 g/mol. The summed E-state index contributed by atoms with van der Waals surface area (Å²) in [4.78, 5) is 21.3. The summed E-state index contributed by atoms with van der Waals surface area (Å²) in [5.41, 5.74) is 1.65. The average Bonchev–Trinajstić information content (AvgIpc) is 3.41. The van der Waals surface area contributed by atoms with Crippen molar-refractivity contribution in [3.05, 3.63) is 47.4 Å². The lowest BCUT2D eigenvalue weighted by Crippen LogP contribution is -2.49. The van der Waals surface area contributed by atoms with Crippen LogP contribution in [0.15, 0.2) is 51.6 Å². The Morgan fingerprint density at radius 1 is 1.18 bits per heavy atom. The van der Waals surface area contributed by atoms with E-state index in [9.17, 15) is 13.2 Å². The summed E-state index contributed by atoms with van der Waals surface area (Å²) in [6, 6.07) is 6.24. The zero-order valence-electron chi connectivity index (χ0n) is 14.8. The summed E-state index contributed by atoms with van der Waals surface area (Å²) in [6.45, 7) is 0.346. The molecule has 0 radical (unpaired) electrons. The van der Waals surface area contributed by atoms with Crippen molar-refractivity contribution in [3.63, 3.8) is 0 Å². The first kappa shape index (κ1) is 19.2. The van der Waals surface area contributed by atoms with E-state index in [1.807, 2.05) is 17.5 Å². The second kappa shape index (κ2) is 8.08. The minimum Gasteiger partial charge on any atom is -0.301 e. The number of rotatable bonds is 5. The van der Waals surface area contributed by atoms with Crippen LogP contribution in [0.3, 0.4) is 0 Å². The fourth-order valence-corrected chi connectivity index (χ4v) is 6.65. The van der Waals surface area contributed by atoms with E-state index >= 15 is 0 Å². The Kier molecular flexibility index (Phi) is 5.54. The molecule has 0 spiro atoms. The van der Waals surface area contributed by atoms with Gasteiger partial charge in [0.05, 0.1) is 5.69 Å². The van der Waals surface area contributed by atoms with Gasteiger partial charge in [-0.1, -0.05) is 12.5 Å². The van der Waals surface area contributed by atoms with Crippen LogP contribution in [0.2, 0.25) is 0 Å². The van der Waals surface area contributed by atoms with Gasteiger partial charge in [-0.05, 0) is 36.4 Å². The smallest absolute Gasteiger partial charge is 0.253 e. The third-order valence-electron chi connectivity index (χ3n) is 4.52. The second-order valence-corrected chi connectivity index (χ2v) is 10.2. The van der Waals surface area contributed by atoms with Gasteiger partial charge in [-0.25, -0.2) is 13.4 Å². The first-order valence-electron chi connectivity index (χ1n) is 8.78. The van der Waals surface area contributed by atoms with Crippen LogP contribution in [0, 0.1) is 0 Å². The Labute approximate surface area is 171 Å². The number of pyridine rings is 1. The third kappa shape index (κ3) is 3.86. The number of carbonyl (C=O) groups excluding carboxylic acids is 1. The van der Waals surface area contributed by atoms with Gasteiger partial charge in [0.2, 0.25) is 5.91 Å². The normalized spacial score (nSPS) is 18.1. The van der Waals surface area contributed by atoms with Gasteiger partial charge in [-0.3, -0.25) is 9.78 Å². The summed E-state index contributed by atoms with van der Waals surface area (Å²) in [7, 11) is -3.68. The monoisotopic (exact) mass is 434 g/mol. The molecule has 146 valence electrons. The molecule has 3 aromatic heterocycles. The van der Waals surface area contributed by atoms with Gasteiger partial charge in [-0.2, -0.15) is 4.31 Å². The van der Waals surface area contributed by atoms with E-state index in [0.717, 1.165) is 24.1 Å². The number of carbonyl (C=O) groups is 1. The summed E-state index contributed by atoms with van der Waals surface area (Å²) in [6.07, 6.45) is 5.43. The molecule has 1 atom stereocenters. The number of amides is 1. The summed E-state index contributed by atoms with van der Waals surface area (Å²) in [5, 5.41) is 6.83. The van der Waals surface area contributed by atoms with Crippen molar-refractivity contribution in [1.29, 1.82) is 0 Å². The van der Waals surface area contributed by atoms with Crippen LogP contribution in [0.25, 0.3) is 11.3 Å². The number of nitrogens with one attached hydrogen (secondary N) is 1. The number of aromatic nitrogens is 2. The fourth-order valence-electron chi connectivity index (χ4n) is 3.16. The Hall–Kier alpha value is -2.14. The minimum absolute atomic E-state index is 0.265. The van der Waals surface area contributed by atoms with Crippen LogP contribution in [0.4, 0.5) is 5.13 Å². The summed E-state index contributed by atoms with van der Waals surface area (Å²) >= 11 is 2.48. The molecule has 0 aromatic carbocycles. The standard InChI is InChI=1S/C18H18N4O3S3/c23-17(21-18-20-14(12-27-18)13-6-8-19-9-7-13)15-4-1-2-10-22(15)28(24,25)16-5-3-11-26-16/h3,5-9,11-12,15H,1-2,4,10H2,(H,20,21,23).